The summed E-state index contributed by atoms with van der Waals surface area (Å²) in [6.07, 6.45) is 0. The number of nitrogens with one attached hydrogen (secondary N) is 2. The molecule has 10 heteroatoms. The average Bonchev–Trinajstić information content (AvgIpc) is 2.60. The molecule has 2 amide bonds. The number of anilines is 1. The van der Waals surface area contributed by atoms with Crippen molar-refractivity contribution < 1.29 is 22.7 Å². The van der Waals surface area contributed by atoms with Crippen molar-refractivity contribution in [3.8, 4) is 5.75 Å². The van der Waals surface area contributed by atoms with E-state index in [1.54, 1.807) is 12.1 Å². The van der Waals surface area contributed by atoms with E-state index in [0.29, 0.717) is 11.3 Å². The molecule has 2 rings (SSSR count). The van der Waals surface area contributed by atoms with Gasteiger partial charge in [-0.1, -0.05) is 23.7 Å². The minimum Gasteiger partial charge on any atom is -0.496 e. The maximum Gasteiger partial charge on any atom is 0.255 e. The third kappa shape index (κ3) is 5.43. The molecule has 0 aliphatic heterocycles. The molecule has 8 nitrogen and oxygen atoms in total. The fourth-order valence-electron chi connectivity index (χ4n) is 2.26. The summed E-state index contributed by atoms with van der Waals surface area (Å²) >= 11 is 6.10. The molecular formula is C17H18ClN3O5S. The van der Waals surface area contributed by atoms with Gasteiger partial charge in [0.1, 0.15) is 5.75 Å². The number of hydrogen-bond donors (Lipinski definition) is 3. The molecule has 4 N–H and O–H groups in total. The molecule has 0 bridgehead atoms. The number of primary sulfonamides is 1. The van der Waals surface area contributed by atoms with Gasteiger partial charge in [-0.15, -0.1) is 0 Å². The van der Waals surface area contributed by atoms with Crippen molar-refractivity contribution in [2.24, 2.45) is 5.14 Å². The van der Waals surface area contributed by atoms with Crippen LogP contribution in [-0.4, -0.2) is 27.3 Å². The molecule has 2 aromatic rings. The van der Waals surface area contributed by atoms with Crippen LogP contribution < -0.4 is 20.5 Å². The molecule has 0 aromatic heterocycles. The predicted molar refractivity (Wildman–Crippen MR) is 101 cm³/mol. The SMILES string of the molecule is COc1cc(NC(C)=O)c(Cl)cc1C(=O)NCc1ccc(S(N)(=O)=O)cc1. The van der Waals surface area contributed by atoms with Crippen LogP contribution in [0.15, 0.2) is 41.3 Å². The smallest absolute Gasteiger partial charge is 0.255 e. The summed E-state index contributed by atoms with van der Waals surface area (Å²) in [5, 5.41) is 10.5. The Morgan fingerprint density at radius 1 is 1.19 bits per heavy atom. The number of methoxy groups -OCH3 is 1. The van der Waals surface area contributed by atoms with E-state index in [1.807, 2.05) is 0 Å². The summed E-state index contributed by atoms with van der Waals surface area (Å²) in [6, 6.07) is 8.66. The number of rotatable bonds is 6. The molecule has 0 saturated heterocycles. The Balaban J connectivity index is 2.15. The maximum absolute atomic E-state index is 12.5. The van der Waals surface area contributed by atoms with Gasteiger partial charge in [-0.25, -0.2) is 13.6 Å². The van der Waals surface area contributed by atoms with Crippen LogP contribution in [0.5, 0.6) is 5.75 Å². The molecule has 0 aliphatic carbocycles. The lowest BCUT2D eigenvalue weighted by molar-refractivity contribution is -0.114. The van der Waals surface area contributed by atoms with Gasteiger partial charge in [0, 0.05) is 19.5 Å². The van der Waals surface area contributed by atoms with E-state index >= 15 is 0 Å². The highest BCUT2D eigenvalue weighted by atomic mass is 35.5. The molecule has 144 valence electrons. The Kier molecular flexibility index (Phi) is 6.42. The summed E-state index contributed by atoms with van der Waals surface area (Å²) in [5.41, 5.74) is 1.20. The third-order valence-electron chi connectivity index (χ3n) is 3.55. The zero-order chi connectivity index (χ0) is 20.2. The molecule has 2 aromatic carbocycles. The van der Waals surface area contributed by atoms with E-state index in [4.69, 9.17) is 21.5 Å². The highest BCUT2D eigenvalue weighted by Crippen LogP contribution is 2.31. The van der Waals surface area contributed by atoms with Crippen LogP contribution in [0.25, 0.3) is 0 Å². The second-order valence-corrected chi connectivity index (χ2v) is 7.55. The first-order valence-electron chi connectivity index (χ1n) is 7.67. The summed E-state index contributed by atoms with van der Waals surface area (Å²) in [4.78, 5) is 23.6. The fourth-order valence-corrected chi connectivity index (χ4v) is 2.99. The van der Waals surface area contributed by atoms with Gasteiger partial charge in [-0.2, -0.15) is 0 Å². The Bertz CT molecular complexity index is 975. The zero-order valence-corrected chi connectivity index (χ0v) is 16.1. The second kappa shape index (κ2) is 8.38. The van der Waals surface area contributed by atoms with Crippen molar-refractivity contribution >= 4 is 39.1 Å². The predicted octanol–water partition coefficient (Wildman–Crippen LogP) is 1.88. The molecular weight excluding hydrogens is 394 g/mol. The second-order valence-electron chi connectivity index (χ2n) is 5.59. The largest absolute Gasteiger partial charge is 0.496 e. The summed E-state index contributed by atoms with van der Waals surface area (Å²) in [5.74, 6) is -0.511. The zero-order valence-electron chi connectivity index (χ0n) is 14.6. The molecule has 0 heterocycles. The van der Waals surface area contributed by atoms with Crippen LogP contribution in [0.1, 0.15) is 22.8 Å². The first-order chi connectivity index (χ1) is 12.6. The Morgan fingerprint density at radius 3 is 2.33 bits per heavy atom. The van der Waals surface area contributed by atoms with Gasteiger partial charge in [-0.05, 0) is 23.8 Å². The Morgan fingerprint density at radius 2 is 1.81 bits per heavy atom. The van der Waals surface area contributed by atoms with Crippen LogP contribution in [0, 0.1) is 0 Å². The first kappa shape index (κ1) is 20.7. The number of sulfonamides is 1. The van der Waals surface area contributed by atoms with Crippen molar-refractivity contribution in [2.75, 3.05) is 12.4 Å². The molecule has 0 radical (unpaired) electrons. The lowest BCUT2D eigenvalue weighted by Crippen LogP contribution is -2.23. The molecule has 0 fully saturated rings. The lowest BCUT2D eigenvalue weighted by Gasteiger charge is -2.13. The van der Waals surface area contributed by atoms with Gasteiger partial charge < -0.3 is 15.4 Å². The molecule has 0 spiro atoms. The van der Waals surface area contributed by atoms with Crippen LogP contribution in [-0.2, 0) is 21.4 Å². The molecule has 0 aliphatic rings. The third-order valence-corrected chi connectivity index (χ3v) is 4.79. The summed E-state index contributed by atoms with van der Waals surface area (Å²) < 4.78 is 27.7. The van der Waals surface area contributed by atoms with E-state index in [9.17, 15) is 18.0 Å². The van der Waals surface area contributed by atoms with Crippen LogP contribution >= 0.6 is 11.6 Å². The highest BCUT2D eigenvalue weighted by Gasteiger charge is 2.16. The van der Waals surface area contributed by atoms with Gasteiger partial charge in [-0.3, -0.25) is 9.59 Å². The number of halogens is 1. The van der Waals surface area contributed by atoms with Gasteiger partial charge in [0.2, 0.25) is 15.9 Å². The van der Waals surface area contributed by atoms with Crippen molar-refractivity contribution in [1.82, 2.24) is 5.32 Å². The van der Waals surface area contributed by atoms with Crippen molar-refractivity contribution in [3.63, 3.8) is 0 Å². The number of carbonyl (C=O) groups is 2. The van der Waals surface area contributed by atoms with Gasteiger partial charge in [0.15, 0.2) is 0 Å². The summed E-state index contributed by atoms with van der Waals surface area (Å²) in [7, 11) is -2.38. The average molecular weight is 412 g/mol. The first-order valence-corrected chi connectivity index (χ1v) is 9.59. The van der Waals surface area contributed by atoms with E-state index in [2.05, 4.69) is 10.6 Å². The number of nitrogens with two attached hydrogens (primary N) is 1. The molecule has 0 saturated carbocycles. The van der Waals surface area contributed by atoms with E-state index in [-0.39, 0.29) is 33.7 Å². The topological polar surface area (TPSA) is 128 Å². The van der Waals surface area contributed by atoms with E-state index < -0.39 is 15.9 Å². The van der Waals surface area contributed by atoms with Gasteiger partial charge in [0.05, 0.1) is 28.3 Å². The quantitative estimate of drug-likeness (QED) is 0.668. The lowest BCUT2D eigenvalue weighted by atomic mass is 10.1. The van der Waals surface area contributed by atoms with Crippen LogP contribution in [0.2, 0.25) is 5.02 Å². The Hall–Kier alpha value is -2.62. The fraction of sp³-hybridized carbons (Fsp3) is 0.176. The van der Waals surface area contributed by atoms with Crippen molar-refractivity contribution in [2.45, 2.75) is 18.4 Å². The number of amides is 2. The molecule has 0 atom stereocenters. The standard InChI is InChI=1S/C17H18ClN3O5S/c1-10(22)21-15-8-16(26-2)13(7-14(15)18)17(23)20-9-11-3-5-12(6-4-11)27(19,24)25/h3-8H,9H2,1-2H3,(H,20,23)(H,21,22)(H2,19,24,25). The minimum atomic E-state index is -3.77. The van der Waals surface area contributed by atoms with Crippen LogP contribution in [0.4, 0.5) is 5.69 Å². The maximum atomic E-state index is 12.5. The highest BCUT2D eigenvalue weighted by molar-refractivity contribution is 7.89. The number of ether oxygens (including phenoxy) is 1. The van der Waals surface area contributed by atoms with Gasteiger partial charge in [0.25, 0.3) is 5.91 Å². The van der Waals surface area contributed by atoms with E-state index in [1.165, 1.54) is 38.3 Å². The Labute approximate surface area is 161 Å². The minimum absolute atomic E-state index is 0.0143. The van der Waals surface area contributed by atoms with Crippen molar-refractivity contribution in [1.29, 1.82) is 0 Å². The number of carbonyl (C=O) groups excluding carboxylic acids is 2. The monoisotopic (exact) mass is 411 g/mol. The molecule has 0 unspecified atom stereocenters. The number of hydrogen-bond acceptors (Lipinski definition) is 5. The van der Waals surface area contributed by atoms with Crippen molar-refractivity contribution in [3.05, 3.63) is 52.5 Å². The summed E-state index contributed by atoms with van der Waals surface area (Å²) in [6.45, 7) is 1.49. The normalized spacial score (nSPS) is 11.0. The van der Waals surface area contributed by atoms with E-state index in [0.717, 1.165) is 0 Å². The number of benzene rings is 2. The van der Waals surface area contributed by atoms with Gasteiger partial charge >= 0.3 is 0 Å². The molecule has 27 heavy (non-hydrogen) atoms. The van der Waals surface area contributed by atoms with Crippen LogP contribution in [0.3, 0.4) is 0 Å².